The van der Waals surface area contributed by atoms with Crippen LogP contribution in [-0.2, 0) is 18.4 Å². The van der Waals surface area contributed by atoms with Gasteiger partial charge >= 0.3 is 6.09 Å². The number of hydrogen-bond acceptors (Lipinski definition) is 4. The van der Waals surface area contributed by atoms with Gasteiger partial charge in [-0.25, -0.2) is 4.79 Å². The topological polar surface area (TPSA) is 60.2 Å². The minimum Gasteiger partial charge on any atom is -0.445 e. The number of piperidine rings is 1. The monoisotopic (exact) mass is 300 g/mol. The molecular weight excluding hydrogens is 280 g/mol. The molecule has 3 rings (SSSR count). The lowest BCUT2D eigenvalue weighted by atomic mass is 9.96. The number of carbonyl (C=O) groups is 1. The Bertz CT molecular complexity index is 618. The molecule has 1 aromatic heterocycles. The second kappa shape index (κ2) is 6.60. The van der Waals surface area contributed by atoms with Crippen molar-refractivity contribution in [3.8, 4) is 0 Å². The fourth-order valence-corrected chi connectivity index (χ4v) is 2.79. The van der Waals surface area contributed by atoms with Crippen LogP contribution in [0, 0.1) is 0 Å². The molecule has 1 aliphatic heterocycles. The molecule has 2 aromatic rings. The molecule has 1 saturated heterocycles. The number of likely N-dealkylation sites (tertiary alicyclic amines) is 1. The number of benzene rings is 1. The molecular formula is C16H20N4O2. The summed E-state index contributed by atoms with van der Waals surface area (Å²) in [5.41, 5.74) is 1.00. The summed E-state index contributed by atoms with van der Waals surface area (Å²) < 4.78 is 7.32. The lowest BCUT2D eigenvalue weighted by Gasteiger charge is -2.30. The Balaban J connectivity index is 1.49. The van der Waals surface area contributed by atoms with E-state index in [1.807, 2.05) is 41.9 Å². The summed E-state index contributed by atoms with van der Waals surface area (Å²) in [5.74, 6) is 1.36. The van der Waals surface area contributed by atoms with E-state index in [4.69, 9.17) is 4.74 Å². The Labute approximate surface area is 129 Å². The molecule has 1 fully saturated rings. The van der Waals surface area contributed by atoms with Crippen LogP contribution in [0.5, 0.6) is 0 Å². The van der Waals surface area contributed by atoms with Crippen molar-refractivity contribution in [1.29, 1.82) is 0 Å². The van der Waals surface area contributed by atoms with Crippen LogP contribution >= 0.6 is 0 Å². The first-order valence-electron chi connectivity index (χ1n) is 7.53. The SMILES string of the molecule is Cn1cnnc1C1CCN(C(=O)OCc2ccccc2)CC1. The van der Waals surface area contributed by atoms with Gasteiger partial charge in [0.25, 0.3) is 0 Å². The van der Waals surface area contributed by atoms with Gasteiger partial charge in [0, 0.05) is 26.1 Å². The number of aryl methyl sites for hydroxylation is 1. The van der Waals surface area contributed by atoms with E-state index in [0.29, 0.717) is 25.6 Å². The number of nitrogens with zero attached hydrogens (tertiary/aromatic N) is 4. The Morgan fingerprint density at radius 2 is 2.00 bits per heavy atom. The van der Waals surface area contributed by atoms with Gasteiger partial charge in [-0.15, -0.1) is 10.2 Å². The number of carbonyl (C=O) groups excluding carboxylic acids is 1. The molecule has 1 amide bonds. The largest absolute Gasteiger partial charge is 0.445 e. The fraction of sp³-hybridized carbons (Fsp3) is 0.438. The Morgan fingerprint density at radius 3 is 2.64 bits per heavy atom. The molecule has 1 aromatic carbocycles. The van der Waals surface area contributed by atoms with Gasteiger partial charge < -0.3 is 14.2 Å². The molecule has 1 aliphatic rings. The molecule has 2 heterocycles. The van der Waals surface area contributed by atoms with Gasteiger partial charge in [0.15, 0.2) is 0 Å². The fourth-order valence-electron chi connectivity index (χ4n) is 2.79. The van der Waals surface area contributed by atoms with E-state index in [1.165, 1.54) is 0 Å². The van der Waals surface area contributed by atoms with Crippen LogP contribution in [0.1, 0.15) is 30.1 Å². The van der Waals surface area contributed by atoms with Crippen molar-refractivity contribution in [1.82, 2.24) is 19.7 Å². The van der Waals surface area contributed by atoms with Crippen molar-refractivity contribution in [3.05, 3.63) is 48.0 Å². The molecule has 0 N–H and O–H groups in total. The summed E-state index contributed by atoms with van der Waals surface area (Å²) in [6, 6.07) is 9.73. The second-order valence-electron chi connectivity index (χ2n) is 5.60. The summed E-state index contributed by atoms with van der Waals surface area (Å²) in [6.07, 6.45) is 3.27. The molecule has 0 spiro atoms. The Kier molecular flexibility index (Phi) is 4.37. The summed E-state index contributed by atoms with van der Waals surface area (Å²) in [4.78, 5) is 13.9. The maximum atomic E-state index is 12.1. The first-order chi connectivity index (χ1) is 10.7. The van der Waals surface area contributed by atoms with Crippen LogP contribution in [0.3, 0.4) is 0 Å². The number of rotatable bonds is 3. The van der Waals surface area contributed by atoms with Crippen molar-refractivity contribution in [2.24, 2.45) is 7.05 Å². The normalized spacial score (nSPS) is 15.8. The van der Waals surface area contributed by atoms with Gasteiger partial charge in [0.2, 0.25) is 0 Å². The van der Waals surface area contributed by atoms with Crippen molar-refractivity contribution in [2.45, 2.75) is 25.4 Å². The molecule has 6 heteroatoms. The third-order valence-electron chi connectivity index (χ3n) is 4.07. The maximum absolute atomic E-state index is 12.1. The summed E-state index contributed by atoms with van der Waals surface area (Å²) >= 11 is 0. The number of amides is 1. The van der Waals surface area contributed by atoms with Gasteiger partial charge in [-0.05, 0) is 18.4 Å². The maximum Gasteiger partial charge on any atom is 0.410 e. The predicted molar refractivity (Wildman–Crippen MR) is 81.2 cm³/mol. The highest BCUT2D eigenvalue weighted by Gasteiger charge is 2.27. The van der Waals surface area contributed by atoms with Gasteiger partial charge in [-0.1, -0.05) is 30.3 Å². The average Bonchev–Trinajstić information content (AvgIpc) is 3.00. The number of hydrogen-bond donors (Lipinski definition) is 0. The lowest BCUT2D eigenvalue weighted by Crippen LogP contribution is -2.38. The molecule has 0 unspecified atom stereocenters. The minimum atomic E-state index is -0.236. The van der Waals surface area contributed by atoms with Crippen LogP contribution < -0.4 is 0 Å². The molecule has 0 saturated carbocycles. The van der Waals surface area contributed by atoms with E-state index in [0.717, 1.165) is 24.2 Å². The Hall–Kier alpha value is -2.37. The van der Waals surface area contributed by atoms with E-state index in [9.17, 15) is 4.79 Å². The van der Waals surface area contributed by atoms with Crippen LogP contribution in [0.15, 0.2) is 36.7 Å². The van der Waals surface area contributed by atoms with Crippen molar-refractivity contribution in [2.75, 3.05) is 13.1 Å². The van der Waals surface area contributed by atoms with Gasteiger partial charge in [-0.3, -0.25) is 0 Å². The zero-order valence-corrected chi connectivity index (χ0v) is 12.7. The first-order valence-corrected chi connectivity index (χ1v) is 7.53. The molecule has 22 heavy (non-hydrogen) atoms. The highest BCUT2D eigenvalue weighted by atomic mass is 16.6. The second-order valence-corrected chi connectivity index (χ2v) is 5.60. The number of ether oxygens (including phenoxy) is 1. The molecule has 0 radical (unpaired) electrons. The first kappa shape index (κ1) is 14.6. The quantitative estimate of drug-likeness (QED) is 0.873. The van der Waals surface area contributed by atoms with Crippen molar-refractivity contribution < 1.29 is 9.53 Å². The van der Waals surface area contributed by atoms with E-state index in [-0.39, 0.29) is 6.09 Å². The number of aromatic nitrogens is 3. The summed E-state index contributed by atoms with van der Waals surface area (Å²) in [5, 5.41) is 8.09. The third kappa shape index (κ3) is 3.27. The third-order valence-corrected chi connectivity index (χ3v) is 4.07. The van der Waals surface area contributed by atoms with E-state index in [1.54, 1.807) is 11.2 Å². The molecule has 0 atom stereocenters. The summed E-state index contributed by atoms with van der Waals surface area (Å²) in [7, 11) is 1.95. The van der Waals surface area contributed by atoms with Gasteiger partial charge in [0.05, 0.1) is 0 Å². The van der Waals surface area contributed by atoms with Crippen molar-refractivity contribution >= 4 is 6.09 Å². The molecule has 6 nitrogen and oxygen atoms in total. The van der Waals surface area contributed by atoms with E-state index >= 15 is 0 Å². The van der Waals surface area contributed by atoms with Gasteiger partial charge in [-0.2, -0.15) is 0 Å². The van der Waals surface area contributed by atoms with Crippen molar-refractivity contribution in [3.63, 3.8) is 0 Å². The average molecular weight is 300 g/mol. The molecule has 0 aliphatic carbocycles. The van der Waals surface area contributed by atoms with Crippen LogP contribution in [0.4, 0.5) is 4.79 Å². The van der Waals surface area contributed by atoms with Gasteiger partial charge in [0.1, 0.15) is 18.8 Å². The zero-order chi connectivity index (χ0) is 15.4. The van der Waals surface area contributed by atoms with E-state index in [2.05, 4.69) is 10.2 Å². The highest BCUT2D eigenvalue weighted by molar-refractivity contribution is 5.67. The molecule has 0 bridgehead atoms. The minimum absolute atomic E-state index is 0.236. The smallest absolute Gasteiger partial charge is 0.410 e. The highest BCUT2D eigenvalue weighted by Crippen LogP contribution is 2.26. The van der Waals surface area contributed by atoms with Crippen LogP contribution in [0.2, 0.25) is 0 Å². The zero-order valence-electron chi connectivity index (χ0n) is 12.7. The molecule has 116 valence electrons. The summed E-state index contributed by atoms with van der Waals surface area (Å²) in [6.45, 7) is 1.72. The lowest BCUT2D eigenvalue weighted by molar-refractivity contribution is 0.0865. The van der Waals surface area contributed by atoms with Crippen LogP contribution in [0.25, 0.3) is 0 Å². The Morgan fingerprint density at radius 1 is 1.27 bits per heavy atom. The standard InChI is InChI=1S/C16H20N4O2/c1-19-12-17-18-15(19)14-7-9-20(10-8-14)16(21)22-11-13-5-3-2-4-6-13/h2-6,12,14H,7-11H2,1H3. The predicted octanol–water partition coefficient (Wildman–Crippen LogP) is 2.33. The van der Waals surface area contributed by atoms with Crippen LogP contribution in [-0.4, -0.2) is 38.8 Å². The van der Waals surface area contributed by atoms with E-state index < -0.39 is 0 Å².